The van der Waals surface area contributed by atoms with Crippen molar-refractivity contribution in [3.63, 3.8) is 0 Å². The fourth-order valence-corrected chi connectivity index (χ4v) is 8.89. The number of fused-ring (bicyclic) bond motifs is 2. The lowest BCUT2D eigenvalue weighted by Gasteiger charge is -2.40. The van der Waals surface area contributed by atoms with E-state index in [1.165, 1.54) is 79.6 Å². The van der Waals surface area contributed by atoms with Crippen LogP contribution in [0.3, 0.4) is 0 Å². The molecule has 4 aromatic carbocycles. The maximum Gasteiger partial charge on any atom is 0.0139 e. The van der Waals surface area contributed by atoms with Crippen LogP contribution in [0.4, 0.5) is 0 Å². The van der Waals surface area contributed by atoms with Crippen molar-refractivity contribution < 1.29 is 0 Å². The Morgan fingerprint density at radius 1 is 0.510 bits per heavy atom. The summed E-state index contributed by atoms with van der Waals surface area (Å²) in [6.07, 6.45) is 9.69. The molecule has 6 rings (SSSR count). The van der Waals surface area contributed by atoms with Gasteiger partial charge in [-0.2, -0.15) is 0 Å². The minimum Gasteiger partial charge on any atom is -0.0627 e. The van der Waals surface area contributed by atoms with E-state index in [0.29, 0.717) is 11.8 Å². The van der Waals surface area contributed by atoms with E-state index in [1.54, 1.807) is 11.1 Å². The van der Waals surface area contributed by atoms with E-state index < -0.39 is 0 Å². The number of allylic oxidation sites excluding steroid dienone is 2. The topological polar surface area (TPSA) is 0 Å². The lowest BCUT2D eigenvalue weighted by atomic mass is 9.63. The van der Waals surface area contributed by atoms with Gasteiger partial charge in [-0.25, -0.2) is 0 Å². The molecule has 49 heavy (non-hydrogen) atoms. The summed E-state index contributed by atoms with van der Waals surface area (Å²) in [5, 5.41) is 0. The van der Waals surface area contributed by atoms with Gasteiger partial charge in [0, 0.05) is 5.41 Å². The molecule has 0 nitrogen and oxygen atoms in total. The first kappa shape index (κ1) is 35.2. The standard InChI is InChI=1S/C49H60/c1-31(2)29-49(30-32(3)4,39-25-35-15-13-17-43(45(35)27-39)41-21-19-37(23-33(41)5)47(7,8)9)40-26-36-16-14-18-44(46(36)28-40)42-22-20-38(24-34(42)6)48(10,11)12/h13-24,27-28,31-32H,25-26,29-30H2,1-12H3. The van der Waals surface area contributed by atoms with Crippen molar-refractivity contribution in [1.82, 2.24) is 0 Å². The second kappa shape index (κ2) is 12.9. The van der Waals surface area contributed by atoms with Crippen LogP contribution in [0.25, 0.3) is 34.4 Å². The molecule has 0 heteroatoms. The van der Waals surface area contributed by atoms with Gasteiger partial charge in [-0.3, -0.25) is 0 Å². The quantitative estimate of drug-likeness (QED) is 0.178. The Labute approximate surface area is 298 Å². The molecular formula is C49H60. The highest BCUT2D eigenvalue weighted by atomic mass is 14.5. The van der Waals surface area contributed by atoms with E-state index in [0.717, 1.165) is 12.8 Å². The molecule has 0 aliphatic heterocycles. The summed E-state index contributed by atoms with van der Waals surface area (Å²) in [7, 11) is 0. The normalized spacial score (nSPS) is 14.7. The summed E-state index contributed by atoms with van der Waals surface area (Å²) in [5.74, 6) is 1.18. The third-order valence-corrected chi connectivity index (χ3v) is 11.3. The van der Waals surface area contributed by atoms with Gasteiger partial charge in [0.15, 0.2) is 0 Å². The van der Waals surface area contributed by atoms with E-state index in [2.05, 4.69) is 168 Å². The van der Waals surface area contributed by atoms with Gasteiger partial charge in [-0.05, 0) is 129 Å². The number of hydrogen-bond acceptors (Lipinski definition) is 0. The Hall–Kier alpha value is -3.64. The van der Waals surface area contributed by atoms with Crippen molar-refractivity contribution in [3.8, 4) is 22.3 Å². The van der Waals surface area contributed by atoms with Crippen molar-refractivity contribution in [2.24, 2.45) is 17.3 Å². The molecule has 0 saturated carbocycles. The van der Waals surface area contributed by atoms with Crippen LogP contribution in [0.2, 0.25) is 0 Å². The second-order valence-corrected chi connectivity index (χ2v) is 18.3. The third kappa shape index (κ3) is 6.78. The molecule has 0 N–H and O–H groups in total. The van der Waals surface area contributed by atoms with E-state index in [4.69, 9.17) is 0 Å². The molecule has 0 radical (unpaired) electrons. The van der Waals surface area contributed by atoms with Crippen LogP contribution in [-0.2, 0) is 23.7 Å². The molecule has 4 aromatic rings. The molecule has 0 aromatic heterocycles. The highest BCUT2D eigenvalue weighted by Gasteiger charge is 2.42. The van der Waals surface area contributed by atoms with Gasteiger partial charge in [0.1, 0.15) is 0 Å². The zero-order valence-electron chi connectivity index (χ0n) is 32.6. The zero-order chi connectivity index (χ0) is 35.5. The smallest absolute Gasteiger partial charge is 0.0139 e. The van der Waals surface area contributed by atoms with Crippen LogP contribution in [-0.4, -0.2) is 0 Å². The average molecular weight is 649 g/mol. The first-order chi connectivity index (χ1) is 23.0. The van der Waals surface area contributed by atoms with E-state index >= 15 is 0 Å². The van der Waals surface area contributed by atoms with Gasteiger partial charge in [0.05, 0.1) is 0 Å². The number of aryl methyl sites for hydroxylation is 2. The van der Waals surface area contributed by atoms with Gasteiger partial charge in [0.25, 0.3) is 0 Å². The lowest BCUT2D eigenvalue weighted by Crippen LogP contribution is -2.30. The van der Waals surface area contributed by atoms with Gasteiger partial charge < -0.3 is 0 Å². The molecule has 0 saturated heterocycles. The summed E-state index contributed by atoms with van der Waals surface area (Å²) in [6, 6.07) is 28.3. The molecular weight excluding hydrogens is 589 g/mol. The minimum absolute atomic E-state index is 0.0190. The summed E-state index contributed by atoms with van der Waals surface area (Å²) in [6.45, 7) is 28.1. The Kier molecular flexibility index (Phi) is 9.28. The van der Waals surface area contributed by atoms with Crippen LogP contribution >= 0.6 is 0 Å². The SMILES string of the molecule is Cc1cc(C(C)(C)C)ccc1-c1cccc2c1C=C(C(CC(C)C)(CC(C)C)C1=Cc3c(cccc3-c3ccc(C(C)(C)C)cc3C)C1)C2. The lowest BCUT2D eigenvalue weighted by molar-refractivity contribution is 0.273. The Morgan fingerprint density at radius 3 is 1.22 bits per heavy atom. The maximum absolute atomic E-state index is 2.63. The molecule has 2 aliphatic carbocycles. The van der Waals surface area contributed by atoms with E-state index in [9.17, 15) is 0 Å². The van der Waals surface area contributed by atoms with Crippen LogP contribution in [0.1, 0.15) is 127 Å². The summed E-state index contributed by atoms with van der Waals surface area (Å²) < 4.78 is 0. The molecule has 0 fully saturated rings. The van der Waals surface area contributed by atoms with Crippen molar-refractivity contribution in [3.05, 3.63) is 128 Å². The average Bonchev–Trinajstić information content (AvgIpc) is 3.65. The monoisotopic (exact) mass is 648 g/mol. The minimum atomic E-state index is 0.0190. The predicted octanol–water partition coefficient (Wildman–Crippen LogP) is 13.9. The highest BCUT2D eigenvalue weighted by molar-refractivity contribution is 5.86. The molecule has 0 spiro atoms. The summed E-state index contributed by atoms with van der Waals surface area (Å²) in [4.78, 5) is 0. The second-order valence-electron chi connectivity index (χ2n) is 18.3. The Balaban J connectivity index is 1.48. The first-order valence-electron chi connectivity index (χ1n) is 18.9. The highest BCUT2D eigenvalue weighted by Crippen LogP contribution is 2.55. The summed E-state index contributed by atoms with van der Waals surface area (Å²) >= 11 is 0. The van der Waals surface area contributed by atoms with Crippen LogP contribution in [0.5, 0.6) is 0 Å². The first-order valence-corrected chi connectivity index (χ1v) is 18.9. The predicted molar refractivity (Wildman–Crippen MR) is 215 cm³/mol. The zero-order valence-corrected chi connectivity index (χ0v) is 32.6. The van der Waals surface area contributed by atoms with Gasteiger partial charge in [-0.1, -0.05) is 165 Å². The number of benzene rings is 4. The molecule has 0 amide bonds. The number of hydrogen-bond donors (Lipinski definition) is 0. The van der Waals surface area contributed by atoms with Crippen LogP contribution in [0, 0.1) is 31.1 Å². The molecule has 256 valence electrons. The maximum atomic E-state index is 2.63. The number of rotatable bonds is 8. The van der Waals surface area contributed by atoms with Crippen LogP contribution < -0.4 is 0 Å². The van der Waals surface area contributed by atoms with Crippen LogP contribution in [0.15, 0.2) is 83.9 Å². The largest absolute Gasteiger partial charge is 0.0627 e. The van der Waals surface area contributed by atoms with Crippen molar-refractivity contribution in [2.45, 2.75) is 120 Å². The van der Waals surface area contributed by atoms with E-state index in [1.807, 2.05) is 0 Å². The van der Waals surface area contributed by atoms with Gasteiger partial charge >= 0.3 is 0 Å². The van der Waals surface area contributed by atoms with E-state index in [-0.39, 0.29) is 16.2 Å². The molecule has 0 unspecified atom stereocenters. The molecule has 0 heterocycles. The molecule has 0 bridgehead atoms. The van der Waals surface area contributed by atoms with Crippen molar-refractivity contribution in [2.75, 3.05) is 0 Å². The molecule has 0 atom stereocenters. The van der Waals surface area contributed by atoms with Gasteiger partial charge in [0.2, 0.25) is 0 Å². The van der Waals surface area contributed by atoms with Crippen molar-refractivity contribution >= 4 is 12.2 Å². The fraction of sp³-hybridized carbons (Fsp3) is 0.429. The Bertz CT molecular complexity index is 1800. The Morgan fingerprint density at radius 2 is 0.898 bits per heavy atom. The van der Waals surface area contributed by atoms with Crippen molar-refractivity contribution in [1.29, 1.82) is 0 Å². The van der Waals surface area contributed by atoms with Gasteiger partial charge in [-0.15, -0.1) is 0 Å². The summed E-state index contributed by atoms with van der Waals surface area (Å²) in [5.41, 5.74) is 20.4. The fourth-order valence-electron chi connectivity index (χ4n) is 8.89. The molecule has 2 aliphatic rings. The third-order valence-electron chi connectivity index (χ3n) is 11.3.